The Morgan fingerprint density at radius 3 is 2.77 bits per heavy atom. The van der Waals surface area contributed by atoms with Crippen LogP contribution in [-0.2, 0) is 14.8 Å². The molecule has 0 aliphatic carbocycles. The highest BCUT2D eigenvalue weighted by atomic mass is 32.2. The van der Waals surface area contributed by atoms with Crippen molar-refractivity contribution in [3.8, 4) is 17.3 Å². The van der Waals surface area contributed by atoms with Crippen LogP contribution in [0.2, 0.25) is 0 Å². The molecule has 1 saturated heterocycles. The predicted octanol–water partition coefficient (Wildman–Crippen LogP) is 2.29. The zero-order chi connectivity index (χ0) is 18.7. The van der Waals surface area contributed by atoms with Crippen LogP contribution in [-0.4, -0.2) is 43.0 Å². The molecular formula is C17H18N4O3S2. The van der Waals surface area contributed by atoms with Crippen molar-refractivity contribution in [3.63, 3.8) is 0 Å². The van der Waals surface area contributed by atoms with Gasteiger partial charge in [-0.3, -0.25) is 4.79 Å². The van der Waals surface area contributed by atoms with Crippen molar-refractivity contribution in [2.24, 2.45) is 5.92 Å². The number of aromatic nitrogens is 1. The number of thiazole rings is 1. The van der Waals surface area contributed by atoms with Gasteiger partial charge in [0.1, 0.15) is 0 Å². The van der Waals surface area contributed by atoms with Gasteiger partial charge in [0.05, 0.1) is 29.5 Å². The number of piperidine rings is 1. The Morgan fingerprint density at radius 2 is 2.12 bits per heavy atom. The summed E-state index contributed by atoms with van der Waals surface area (Å²) < 4.78 is 24.7. The fourth-order valence-corrected chi connectivity index (χ4v) is 4.48. The standard InChI is InChI=1S/C17H18N4O3S2/c1-26(23,24)21-8-2-3-14(10-21)16(22)20-17-19-15(11-25-17)13-6-4-12(9-18)5-7-13/h4-7,11,14H,2-3,8,10H2,1H3,(H,19,20,22). The Kier molecular flexibility index (Phi) is 5.36. The van der Waals surface area contributed by atoms with Gasteiger partial charge in [0.15, 0.2) is 5.13 Å². The first-order valence-corrected chi connectivity index (χ1v) is 10.8. The lowest BCUT2D eigenvalue weighted by atomic mass is 9.99. The molecule has 7 nitrogen and oxygen atoms in total. The first-order chi connectivity index (χ1) is 12.4. The van der Waals surface area contributed by atoms with Crippen molar-refractivity contribution < 1.29 is 13.2 Å². The summed E-state index contributed by atoms with van der Waals surface area (Å²) in [5, 5.41) is 13.9. The highest BCUT2D eigenvalue weighted by molar-refractivity contribution is 7.88. The molecule has 1 atom stereocenters. The smallest absolute Gasteiger partial charge is 0.230 e. The molecule has 1 aliphatic heterocycles. The van der Waals surface area contributed by atoms with E-state index >= 15 is 0 Å². The third kappa shape index (κ3) is 4.27. The minimum absolute atomic E-state index is 0.207. The fourth-order valence-electron chi connectivity index (χ4n) is 2.84. The van der Waals surface area contributed by atoms with Crippen molar-refractivity contribution in [1.82, 2.24) is 9.29 Å². The number of hydrogen-bond donors (Lipinski definition) is 1. The van der Waals surface area contributed by atoms with Crippen molar-refractivity contribution in [1.29, 1.82) is 5.26 Å². The molecule has 3 rings (SSSR count). The minimum atomic E-state index is -3.29. The van der Waals surface area contributed by atoms with E-state index in [1.54, 1.807) is 12.1 Å². The number of nitrogens with zero attached hydrogens (tertiary/aromatic N) is 3. The second kappa shape index (κ2) is 7.53. The van der Waals surface area contributed by atoms with Crippen LogP contribution in [0.15, 0.2) is 29.6 Å². The second-order valence-electron chi connectivity index (χ2n) is 6.18. The van der Waals surface area contributed by atoms with Gasteiger partial charge in [-0.15, -0.1) is 11.3 Å². The predicted molar refractivity (Wildman–Crippen MR) is 100 cm³/mol. The van der Waals surface area contributed by atoms with Gasteiger partial charge in [-0.1, -0.05) is 12.1 Å². The quantitative estimate of drug-likeness (QED) is 0.863. The number of benzene rings is 1. The van der Waals surface area contributed by atoms with Crippen LogP contribution >= 0.6 is 11.3 Å². The highest BCUT2D eigenvalue weighted by Crippen LogP contribution is 2.26. The lowest BCUT2D eigenvalue weighted by molar-refractivity contribution is -0.120. The number of sulfonamides is 1. The summed E-state index contributed by atoms with van der Waals surface area (Å²) in [6.45, 7) is 0.668. The van der Waals surface area contributed by atoms with Gasteiger partial charge in [-0.25, -0.2) is 17.7 Å². The molecule has 1 N–H and O–H groups in total. The average molecular weight is 390 g/mol. The van der Waals surface area contributed by atoms with Gasteiger partial charge in [0.2, 0.25) is 15.9 Å². The van der Waals surface area contributed by atoms with E-state index in [-0.39, 0.29) is 18.4 Å². The zero-order valence-electron chi connectivity index (χ0n) is 14.2. The van der Waals surface area contributed by atoms with E-state index in [9.17, 15) is 13.2 Å². The zero-order valence-corrected chi connectivity index (χ0v) is 15.8. The first-order valence-electron chi connectivity index (χ1n) is 8.09. The first kappa shape index (κ1) is 18.5. The molecule has 0 bridgehead atoms. The average Bonchev–Trinajstić information content (AvgIpc) is 3.09. The number of amides is 1. The lowest BCUT2D eigenvalue weighted by Gasteiger charge is -2.29. The number of anilines is 1. The summed E-state index contributed by atoms with van der Waals surface area (Å²) in [7, 11) is -3.29. The van der Waals surface area contributed by atoms with Crippen LogP contribution in [0.4, 0.5) is 5.13 Å². The van der Waals surface area contributed by atoms with Crippen LogP contribution in [0, 0.1) is 17.2 Å². The van der Waals surface area contributed by atoms with Gasteiger partial charge < -0.3 is 5.32 Å². The number of carbonyl (C=O) groups is 1. The summed E-state index contributed by atoms with van der Waals surface area (Å²) in [5.74, 6) is -0.584. The molecule has 0 spiro atoms. The normalized spacial score (nSPS) is 18.2. The summed E-state index contributed by atoms with van der Waals surface area (Å²) >= 11 is 1.31. The summed E-state index contributed by atoms with van der Waals surface area (Å²) in [5.41, 5.74) is 2.16. The number of nitrogens with one attached hydrogen (secondary N) is 1. The van der Waals surface area contributed by atoms with Gasteiger partial charge in [0, 0.05) is 24.0 Å². The molecular weight excluding hydrogens is 372 g/mol. The summed E-state index contributed by atoms with van der Waals surface area (Å²) in [4.78, 5) is 16.9. The molecule has 1 fully saturated rings. The largest absolute Gasteiger partial charge is 0.302 e. The fraction of sp³-hybridized carbons (Fsp3) is 0.353. The molecule has 1 aliphatic rings. The van der Waals surface area contributed by atoms with Gasteiger partial charge in [-0.05, 0) is 25.0 Å². The number of carbonyl (C=O) groups excluding carboxylic acids is 1. The maximum absolute atomic E-state index is 12.5. The maximum atomic E-state index is 12.5. The van der Waals surface area contributed by atoms with Gasteiger partial charge >= 0.3 is 0 Å². The number of hydrogen-bond acceptors (Lipinski definition) is 6. The molecule has 9 heteroatoms. The number of nitriles is 1. The number of rotatable bonds is 4. The molecule has 1 amide bonds. The van der Waals surface area contributed by atoms with Crippen LogP contribution in [0.25, 0.3) is 11.3 Å². The Hall–Kier alpha value is -2.28. The molecule has 26 heavy (non-hydrogen) atoms. The molecule has 2 heterocycles. The molecule has 136 valence electrons. The Morgan fingerprint density at radius 1 is 1.38 bits per heavy atom. The van der Waals surface area contributed by atoms with Gasteiger partial charge in [0.25, 0.3) is 0 Å². The van der Waals surface area contributed by atoms with E-state index in [2.05, 4.69) is 16.4 Å². The summed E-state index contributed by atoms with van der Waals surface area (Å²) in [6, 6.07) is 9.12. The van der Waals surface area contributed by atoms with Crippen LogP contribution in [0.1, 0.15) is 18.4 Å². The molecule has 1 aromatic carbocycles. The van der Waals surface area contributed by atoms with E-state index in [0.717, 1.165) is 17.5 Å². The van der Waals surface area contributed by atoms with Crippen LogP contribution < -0.4 is 5.32 Å². The topological polar surface area (TPSA) is 103 Å². The molecule has 0 radical (unpaired) electrons. The molecule has 1 aromatic heterocycles. The lowest BCUT2D eigenvalue weighted by Crippen LogP contribution is -2.43. The summed E-state index contributed by atoms with van der Waals surface area (Å²) in [6.07, 6.45) is 2.49. The minimum Gasteiger partial charge on any atom is -0.302 e. The van der Waals surface area contributed by atoms with Crippen molar-refractivity contribution >= 4 is 32.4 Å². The molecule has 0 saturated carbocycles. The van der Waals surface area contributed by atoms with E-state index in [4.69, 9.17) is 5.26 Å². The monoisotopic (exact) mass is 390 g/mol. The van der Waals surface area contributed by atoms with Gasteiger partial charge in [-0.2, -0.15) is 5.26 Å². The van der Waals surface area contributed by atoms with Crippen molar-refractivity contribution in [2.45, 2.75) is 12.8 Å². The Bertz CT molecular complexity index is 945. The third-order valence-electron chi connectivity index (χ3n) is 4.27. The maximum Gasteiger partial charge on any atom is 0.230 e. The molecule has 2 aromatic rings. The van der Waals surface area contributed by atoms with Crippen LogP contribution in [0.3, 0.4) is 0 Å². The van der Waals surface area contributed by atoms with Crippen molar-refractivity contribution in [2.75, 3.05) is 24.7 Å². The Labute approximate surface area is 156 Å². The van der Waals surface area contributed by atoms with E-state index < -0.39 is 10.0 Å². The molecule has 1 unspecified atom stereocenters. The van der Waals surface area contributed by atoms with Crippen LogP contribution in [0.5, 0.6) is 0 Å². The second-order valence-corrected chi connectivity index (χ2v) is 9.02. The Balaban J connectivity index is 1.66. The SMILES string of the molecule is CS(=O)(=O)N1CCCC(C(=O)Nc2nc(-c3ccc(C#N)cc3)cs2)C1. The van der Waals surface area contributed by atoms with E-state index in [1.165, 1.54) is 15.6 Å². The highest BCUT2D eigenvalue weighted by Gasteiger charge is 2.30. The van der Waals surface area contributed by atoms with E-state index in [0.29, 0.717) is 30.1 Å². The third-order valence-corrected chi connectivity index (χ3v) is 6.30. The van der Waals surface area contributed by atoms with Crippen molar-refractivity contribution in [3.05, 3.63) is 35.2 Å². The van der Waals surface area contributed by atoms with E-state index in [1.807, 2.05) is 17.5 Å².